The van der Waals surface area contributed by atoms with Crippen LogP contribution in [0.3, 0.4) is 0 Å². The van der Waals surface area contributed by atoms with E-state index in [4.69, 9.17) is 15.5 Å². The van der Waals surface area contributed by atoms with E-state index in [2.05, 4.69) is 28.8 Å². The van der Waals surface area contributed by atoms with Crippen LogP contribution >= 0.6 is 0 Å². The number of rotatable bonds is 9. The summed E-state index contributed by atoms with van der Waals surface area (Å²) in [5, 5.41) is 0. The maximum absolute atomic E-state index is 14.7. The smallest absolute Gasteiger partial charge is 0.342 e. The van der Waals surface area contributed by atoms with Crippen LogP contribution in [0.25, 0.3) is 11.1 Å². The first kappa shape index (κ1) is 28.8. The molecule has 5 rings (SSSR count). The summed E-state index contributed by atoms with van der Waals surface area (Å²) in [7, 11) is 0. The molecule has 42 heavy (non-hydrogen) atoms. The van der Waals surface area contributed by atoms with Gasteiger partial charge in [-0.1, -0.05) is 61.9 Å². The zero-order valence-corrected chi connectivity index (χ0v) is 24.4. The molecule has 0 atom stereocenters. The molecule has 7 nitrogen and oxygen atoms in total. The van der Waals surface area contributed by atoms with Crippen molar-refractivity contribution in [3.63, 3.8) is 0 Å². The number of carbonyl (C=O) groups is 1. The first-order chi connectivity index (χ1) is 20.3. The average Bonchev–Trinajstić information content (AvgIpc) is 3.01. The molecule has 0 saturated heterocycles. The lowest BCUT2D eigenvalue weighted by Gasteiger charge is -2.35. The number of aromatic nitrogens is 4. The van der Waals surface area contributed by atoms with E-state index in [-0.39, 0.29) is 6.54 Å². The second-order valence-electron chi connectivity index (χ2n) is 10.8. The fourth-order valence-electron chi connectivity index (χ4n) is 5.45. The minimum atomic E-state index is -1.38. The van der Waals surface area contributed by atoms with E-state index in [1.54, 1.807) is 37.2 Å². The predicted octanol–water partition coefficient (Wildman–Crippen LogP) is 6.36. The maximum atomic E-state index is 14.7. The minimum absolute atomic E-state index is 0.234. The zero-order valence-electron chi connectivity index (χ0n) is 24.4. The molecule has 5 aromatic rings. The van der Waals surface area contributed by atoms with Crippen molar-refractivity contribution < 1.29 is 9.53 Å². The summed E-state index contributed by atoms with van der Waals surface area (Å²) >= 11 is 0. The molecule has 1 aromatic carbocycles. The summed E-state index contributed by atoms with van der Waals surface area (Å²) in [5.74, 6) is -0.168. The van der Waals surface area contributed by atoms with E-state index in [9.17, 15) is 4.79 Å². The summed E-state index contributed by atoms with van der Waals surface area (Å²) in [4.78, 5) is 32.8. The van der Waals surface area contributed by atoms with E-state index in [1.165, 1.54) is 0 Å². The average molecular weight is 558 g/mol. The van der Waals surface area contributed by atoms with Gasteiger partial charge in [-0.25, -0.2) is 4.79 Å². The van der Waals surface area contributed by atoms with Crippen molar-refractivity contribution in [3.05, 3.63) is 143 Å². The number of esters is 1. The lowest BCUT2D eigenvalue weighted by atomic mass is 9.82. The largest absolute Gasteiger partial charge is 0.440 e. The molecule has 0 amide bonds. The standard InChI is InChI=1S/C35H35N5O2/c1-23(2)18-31-30(19-36)33(26-13-11-24(3)12-14-26)32(25(4)40-31)34(41)42-35(27-8-5-15-37-20-27,28-9-6-16-38-21-28)29-10-7-17-39-22-29/h5-17,20-23H,18-19,36H2,1-4H3. The van der Waals surface area contributed by atoms with E-state index in [1.807, 2.05) is 74.5 Å². The molecule has 0 aliphatic heterocycles. The third kappa shape index (κ3) is 5.56. The minimum Gasteiger partial charge on any atom is -0.440 e. The van der Waals surface area contributed by atoms with Crippen molar-refractivity contribution in [2.24, 2.45) is 11.7 Å². The summed E-state index contributed by atoms with van der Waals surface area (Å²) < 4.78 is 6.73. The van der Waals surface area contributed by atoms with E-state index >= 15 is 0 Å². The molecule has 0 aliphatic rings. The van der Waals surface area contributed by atoms with Gasteiger partial charge in [0.1, 0.15) is 0 Å². The molecule has 0 unspecified atom stereocenters. The lowest BCUT2D eigenvalue weighted by molar-refractivity contribution is 0.0138. The van der Waals surface area contributed by atoms with Gasteiger partial charge >= 0.3 is 5.97 Å². The fourth-order valence-corrected chi connectivity index (χ4v) is 5.45. The van der Waals surface area contributed by atoms with E-state index in [0.29, 0.717) is 33.9 Å². The van der Waals surface area contributed by atoms with Gasteiger partial charge in [0.25, 0.3) is 0 Å². The number of aryl methyl sites for hydroxylation is 2. The topological polar surface area (TPSA) is 104 Å². The van der Waals surface area contributed by atoms with E-state index in [0.717, 1.165) is 34.4 Å². The molecule has 212 valence electrons. The van der Waals surface area contributed by atoms with Gasteiger partial charge < -0.3 is 10.5 Å². The van der Waals surface area contributed by atoms with Gasteiger partial charge in [-0.3, -0.25) is 19.9 Å². The summed E-state index contributed by atoms with van der Waals surface area (Å²) in [6.45, 7) is 8.43. The van der Waals surface area contributed by atoms with Gasteiger partial charge in [0.15, 0.2) is 5.60 Å². The molecular formula is C35H35N5O2. The fraction of sp³-hybridized carbons (Fsp3) is 0.229. The zero-order chi connectivity index (χ0) is 29.7. The Morgan fingerprint density at radius 3 is 1.79 bits per heavy atom. The highest BCUT2D eigenvalue weighted by molar-refractivity contribution is 6.00. The Labute approximate surface area is 246 Å². The molecule has 0 bridgehead atoms. The summed E-state index contributed by atoms with van der Waals surface area (Å²) in [5.41, 5.74) is 12.5. The number of nitrogens with zero attached hydrogens (tertiary/aromatic N) is 4. The van der Waals surface area contributed by atoms with Crippen LogP contribution in [0.4, 0.5) is 0 Å². The van der Waals surface area contributed by atoms with Crippen molar-refractivity contribution in [2.75, 3.05) is 0 Å². The van der Waals surface area contributed by atoms with Crippen LogP contribution in [0.1, 0.15) is 63.4 Å². The molecule has 7 heteroatoms. The third-order valence-corrected chi connectivity index (χ3v) is 7.36. The maximum Gasteiger partial charge on any atom is 0.342 e. The highest BCUT2D eigenvalue weighted by Crippen LogP contribution is 2.42. The third-order valence-electron chi connectivity index (χ3n) is 7.36. The number of carbonyl (C=O) groups excluding carboxylic acids is 1. The number of hydrogen-bond acceptors (Lipinski definition) is 7. The van der Waals surface area contributed by atoms with Gasteiger partial charge in [-0.05, 0) is 55.5 Å². The van der Waals surface area contributed by atoms with Gasteiger partial charge in [-0.2, -0.15) is 0 Å². The SMILES string of the molecule is Cc1ccc(-c2c(CN)c(CC(C)C)nc(C)c2C(=O)OC(c2cccnc2)(c2cccnc2)c2cccnc2)cc1. The van der Waals surface area contributed by atoms with Gasteiger partial charge in [-0.15, -0.1) is 0 Å². The highest BCUT2D eigenvalue weighted by atomic mass is 16.6. The number of nitrogens with two attached hydrogens (primary N) is 1. The Morgan fingerprint density at radius 2 is 1.36 bits per heavy atom. The second kappa shape index (κ2) is 12.4. The highest BCUT2D eigenvalue weighted by Gasteiger charge is 2.43. The Morgan fingerprint density at radius 1 is 0.833 bits per heavy atom. The number of ether oxygens (including phenoxy) is 1. The predicted molar refractivity (Wildman–Crippen MR) is 164 cm³/mol. The molecule has 0 saturated carbocycles. The Bertz CT molecular complexity index is 1560. The Kier molecular flexibility index (Phi) is 8.50. The van der Waals surface area contributed by atoms with Crippen LogP contribution in [-0.4, -0.2) is 25.9 Å². The van der Waals surface area contributed by atoms with Crippen LogP contribution in [0.5, 0.6) is 0 Å². The summed E-state index contributed by atoms with van der Waals surface area (Å²) in [6.07, 6.45) is 10.9. The van der Waals surface area contributed by atoms with Crippen LogP contribution in [0.2, 0.25) is 0 Å². The van der Waals surface area contributed by atoms with Crippen molar-refractivity contribution in [1.82, 2.24) is 19.9 Å². The molecule has 0 spiro atoms. The van der Waals surface area contributed by atoms with Gasteiger partial charge in [0.05, 0.1) is 11.3 Å². The van der Waals surface area contributed by atoms with Crippen molar-refractivity contribution in [3.8, 4) is 11.1 Å². The van der Waals surface area contributed by atoms with Gasteiger partial charge in [0, 0.05) is 71.7 Å². The molecule has 4 aromatic heterocycles. The molecule has 4 heterocycles. The normalized spacial score (nSPS) is 11.5. The Hall–Kier alpha value is -4.75. The number of pyridine rings is 4. The quantitative estimate of drug-likeness (QED) is 0.210. The van der Waals surface area contributed by atoms with E-state index < -0.39 is 11.6 Å². The van der Waals surface area contributed by atoms with Crippen LogP contribution in [0.15, 0.2) is 97.8 Å². The van der Waals surface area contributed by atoms with Crippen molar-refractivity contribution in [1.29, 1.82) is 0 Å². The molecule has 0 aliphatic carbocycles. The summed E-state index contributed by atoms with van der Waals surface area (Å²) in [6, 6.07) is 19.3. The molecule has 0 radical (unpaired) electrons. The molecule has 2 N–H and O–H groups in total. The first-order valence-corrected chi connectivity index (χ1v) is 14.1. The van der Waals surface area contributed by atoms with Crippen molar-refractivity contribution in [2.45, 2.75) is 46.3 Å². The van der Waals surface area contributed by atoms with Gasteiger partial charge in [0.2, 0.25) is 0 Å². The van der Waals surface area contributed by atoms with Crippen molar-refractivity contribution >= 4 is 5.97 Å². The van der Waals surface area contributed by atoms with Crippen LogP contribution < -0.4 is 5.73 Å². The molecule has 0 fully saturated rings. The van der Waals surface area contributed by atoms with Crippen LogP contribution in [-0.2, 0) is 23.3 Å². The monoisotopic (exact) mass is 557 g/mol. The second-order valence-corrected chi connectivity index (χ2v) is 10.8. The first-order valence-electron chi connectivity index (χ1n) is 14.1. The van der Waals surface area contributed by atoms with Crippen LogP contribution in [0, 0.1) is 19.8 Å². The number of benzene rings is 1. The lowest BCUT2D eigenvalue weighted by Crippen LogP contribution is -2.36. The number of hydrogen-bond donors (Lipinski definition) is 1. The molecular weight excluding hydrogens is 522 g/mol. The Balaban J connectivity index is 1.78.